The second-order valence-corrected chi connectivity index (χ2v) is 8.82. The number of anilines is 1. The van der Waals surface area contributed by atoms with Crippen molar-refractivity contribution in [1.82, 2.24) is 9.80 Å². The van der Waals surface area contributed by atoms with E-state index in [0.717, 1.165) is 71.7 Å². The van der Waals surface area contributed by atoms with Gasteiger partial charge < -0.3 is 14.5 Å². The van der Waals surface area contributed by atoms with E-state index in [-0.39, 0.29) is 5.91 Å². The molecule has 2 aliphatic rings. The van der Waals surface area contributed by atoms with E-state index in [9.17, 15) is 4.79 Å². The first-order valence-electron chi connectivity index (χ1n) is 10.5. The minimum atomic E-state index is 0.188. The van der Waals surface area contributed by atoms with E-state index < -0.39 is 0 Å². The molecule has 1 amide bonds. The molecule has 0 spiro atoms. The fraction of sp³-hybridized carbons (Fsp3) is 0.591. The smallest absolute Gasteiger partial charge is 0.219 e. The highest BCUT2D eigenvalue weighted by atomic mass is 32.1. The lowest BCUT2D eigenvalue weighted by molar-refractivity contribution is -0.131. The quantitative estimate of drug-likeness (QED) is 0.695. The molecule has 2 aromatic rings. The Morgan fingerprint density at radius 1 is 1.11 bits per heavy atom. The number of ether oxygens (including phenoxy) is 1. The Hall–Kier alpha value is -1.63. The van der Waals surface area contributed by atoms with Crippen molar-refractivity contribution >= 4 is 33.0 Å². The lowest BCUT2D eigenvalue weighted by atomic mass is 10.1. The maximum absolute atomic E-state index is 11.4. The van der Waals surface area contributed by atoms with Crippen molar-refractivity contribution in [1.29, 1.82) is 0 Å². The molecule has 2 fully saturated rings. The van der Waals surface area contributed by atoms with E-state index in [2.05, 4.69) is 39.4 Å². The van der Waals surface area contributed by atoms with E-state index in [1.807, 2.05) is 16.2 Å². The van der Waals surface area contributed by atoms with E-state index >= 15 is 0 Å². The summed E-state index contributed by atoms with van der Waals surface area (Å²) in [6.07, 6.45) is 3.38. The van der Waals surface area contributed by atoms with Crippen LogP contribution in [0, 0.1) is 0 Å². The number of benzene rings is 1. The fourth-order valence-corrected chi connectivity index (χ4v) is 5.15. The van der Waals surface area contributed by atoms with Crippen LogP contribution in [0.25, 0.3) is 10.1 Å². The number of piperidine rings is 1. The number of piperazine rings is 1. The first-order chi connectivity index (χ1) is 13.7. The van der Waals surface area contributed by atoms with Crippen LogP contribution >= 0.6 is 11.3 Å². The molecule has 152 valence electrons. The predicted octanol–water partition coefficient (Wildman–Crippen LogP) is 3.44. The number of amides is 1. The number of rotatable bonds is 6. The Morgan fingerprint density at radius 3 is 2.64 bits per heavy atom. The van der Waals surface area contributed by atoms with Crippen molar-refractivity contribution in [2.75, 3.05) is 57.3 Å². The highest BCUT2D eigenvalue weighted by Gasteiger charge is 2.21. The number of carbonyl (C=O) groups is 1. The van der Waals surface area contributed by atoms with Gasteiger partial charge in [-0.1, -0.05) is 6.07 Å². The van der Waals surface area contributed by atoms with Gasteiger partial charge in [0, 0.05) is 75.1 Å². The second-order valence-electron chi connectivity index (χ2n) is 7.87. The summed E-state index contributed by atoms with van der Waals surface area (Å²) in [5.41, 5.74) is 1.39. The summed E-state index contributed by atoms with van der Waals surface area (Å²) < 4.78 is 7.44. The van der Waals surface area contributed by atoms with Gasteiger partial charge in [0.1, 0.15) is 0 Å². The van der Waals surface area contributed by atoms with Crippen molar-refractivity contribution < 1.29 is 9.53 Å². The van der Waals surface area contributed by atoms with Gasteiger partial charge in [-0.2, -0.15) is 0 Å². The molecule has 0 atom stereocenters. The topological polar surface area (TPSA) is 36.0 Å². The number of fused-ring (bicyclic) bond motifs is 1. The minimum Gasteiger partial charge on any atom is -0.378 e. The van der Waals surface area contributed by atoms with Gasteiger partial charge in [0.05, 0.1) is 6.10 Å². The van der Waals surface area contributed by atoms with Gasteiger partial charge in [-0.15, -0.1) is 11.3 Å². The summed E-state index contributed by atoms with van der Waals surface area (Å²) in [6.45, 7) is 9.73. The van der Waals surface area contributed by atoms with E-state index in [1.54, 1.807) is 6.92 Å². The Bertz CT molecular complexity index is 777. The lowest BCUT2D eigenvalue weighted by Crippen LogP contribution is -2.46. The van der Waals surface area contributed by atoms with Crippen LogP contribution in [0.1, 0.15) is 26.2 Å². The van der Waals surface area contributed by atoms with Crippen LogP contribution < -0.4 is 4.90 Å². The molecule has 0 unspecified atom stereocenters. The van der Waals surface area contributed by atoms with Crippen molar-refractivity contribution in [3.63, 3.8) is 0 Å². The summed E-state index contributed by atoms with van der Waals surface area (Å²) in [7, 11) is 0. The van der Waals surface area contributed by atoms with E-state index in [1.165, 1.54) is 15.8 Å². The first kappa shape index (κ1) is 19.7. The number of hydrogen-bond acceptors (Lipinski definition) is 5. The molecule has 4 rings (SSSR count). The third-order valence-electron chi connectivity index (χ3n) is 6.05. The average molecular weight is 402 g/mol. The van der Waals surface area contributed by atoms with Crippen molar-refractivity contribution in [2.24, 2.45) is 0 Å². The van der Waals surface area contributed by atoms with Gasteiger partial charge in [-0.25, -0.2) is 0 Å². The SMILES string of the molecule is CC(=O)N1CCC(OCCCN2CCN(c3cccc4sccc34)CC2)CC1. The predicted molar refractivity (Wildman–Crippen MR) is 116 cm³/mol. The Morgan fingerprint density at radius 2 is 1.89 bits per heavy atom. The van der Waals surface area contributed by atoms with Crippen LogP contribution in [-0.4, -0.2) is 74.2 Å². The van der Waals surface area contributed by atoms with E-state index in [0.29, 0.717) is 6.10 Å². The zero-order chi connectivity index (χ0) is 19.3. The third kappa shape index (κ3) is 4.67. The maximum atomic E-state index is 11.4. The highest BCUT2D eigenvalue weighted by Crippen LogP contribution is 2.31. The maximum Gasteiger partial charge on any atom is 0.219 e. The monoisotopic (exact) mass is 401 g/mol. The zero-order valence-corrected chi connectivity index (χ0v) is 17.6. The number of hydrogen-bond donors (Lipinski definition) is 0. The molecule has 3 heterocycles. The molecule has 28 heavy (non-hydrogen) atoms. The molecule has 6 heteroatoms. The van der Waals surface area contributed by atoms with Crippen LogP contribution in [0.4, 0.5) is 5.69 Å². The lowest BCUT2D eigenvalue weighted by Gasteiger charge is -2.36. The number of carbonyl (C=O) groups excluding carboxylic acids is 1. The number of likely N-dealkylation sites (tertiary alicyclic amines) is 1. The van der Waals surface area contributed by atoms with Crippen LogP contribution in [0.2, 0.25) is 0 Å². The second kappa shape index (κ2) is 9.25. The van der Waals surface area contributed by atoms with Gasteiger partial charge in [0.25, 0.3) is 0 Å². The number of thiophene rings is 1. The molecule has 0 saturated carbocycles. The Kier molecular flexibility index (Phi) is 6.50. The van der Waals surface area contributed by atoms with Crippen molar-refractivity contribution in [3.05, 3.63) is 29.6 Å². The molecule has 0 aliphatic carbocycles. The third-order valence-corrected chi connectivity index (χ3v) is 6.93. The molecule has 1 aromatic heterocycles. The summed E-state index contributed by atoms with van der Waals surface area (Å²) in [6, 6.07) is 8.90. The molecule has 0 N–H and O–H groups in total. The largest absolute Gasteiger partial charge is 0.378 e. The van der Waals surface area contributed by atoms with E-state index in [4.69, 9.17) is 4.74 Å². The average Bonchev–Trinajstić information content (AvgIpc) is 3.21. The summed E-state index contributed by atoms with van der Waals surface area (Å²) in [4.78, 5) is 18.4. The van der Waals surface area contributed by atoms with Gasteiger partial charge in [0.2, 0.25) is 5.91 Å². The normalized spacial score (nSPS) is 19.5. The molecular formula is C22H31N3O2S. The minimum absolute atomic E-state index is 0.188. The Labute approximate surface area is 171 Å². The van der Waals surface area contributed by atoms with Crippen LogP contribution in [0.5, 0.6) is 0 Å². The summed E-state index contributed by atoms with van der Waals surface area (Å²) in [5, 5.41) is 3.58. The zero-order valence-electron chi connectivity index (χ0n) is 16.8. The Balaban J connectivity index is 1.15. The summed E-state index contributed by atoms with van der Waals surface area (Å²) in [5.74, 6) is 0.188. The summed E-state index contributed by atoms with van der Waals surface area (Å²) >= 11 is 1.82. The molecule has 2 aliphatic heterocycles. The van der Waals surface area contributed by atoms with Crippen LogP contribution in [0.15, 0.2) is 29.6 Å². The van der Waals surface area contributed by atoms with Gasteiger partial charge in [-0.3, -0.25) is 9.69 Å². The van der Waals surface area contributed by atoms with Crippen molar-refractivity contribution in [3.8, 4) is 0 Å². The molecular weight excluding hydrogens is 370 g/mol. The molecule has 5 nitrogen and oxygen atoms in total. The van der Waals surface area contributed by atoms with Crippen LogP contribution in [0.3, 0.4) is 0 Å². The first-order valence-corrected chi connectivity index (χ1v) is 11.4. The molecule has 0 bridgehead atoms. The highest BCUT2D eigenvalue weighted by molar-refractivity contribution is 7.17. The van der Waals surface area contributed by atoms with Gasteiger partial charge in [-0.05, 0) is 42.8 Å². The van der Waals surface area contributed by atoms with Gasteiger partial charge in [0.15, 0.2) is 0 Å². The van der Waals surface area contributed by atoms with Crippen molar-refractivity contribution in [2.45, 2.75) is 32.3 Å². The fourth-order valence-electron chi connectivity index (χ4n) is 4.34. The standard InChI is InChI=1S/C22H31N3O2S/c1-18(26)24-10-6-19(7-11-24)27-16-3-9-23-12-14-25(15-13-23)21-4-2-5-22-20(21)8-17-28-22/h2,4-5,8,17,19H,3,6-7,9-16H2,1H3. The molecule has 0 radical (unpaired) electrons. The molecule has 1 aromatic carbocycles. The number of nitrogens with zero attached hydrogens (tertiary/aromatic N) is 3. The van der Waals surface area contributed by atoms with Crippen LogP contribution in [-0.2, 0) is 9.53 Å². The van der Waals surface area contributed by atoms with Gasteiger partial charge >= 0.3 is 0 Å². The molecule has 2 saturated heterocycles.